The second kappa shape index (κ2) is 5.38. The minimum atomic E-state index is 0.290. The highest BCUT2D eigenvalue weighted by Gasteiger charge is 2.23. The second-order valence-corrected chi connectivity index (χ2v) is 5.94. The van der Waals surface area contributed by atoms with Crippen LogP contribution in [0.4, 0.5) is 0 Å². The van der Waals surface area contributed by atoms with Crippen LogP contribution < -0.4 is 5.32 Å². The van der Waals surface area contributed by atoms with Gasteiger partial charge in [0.25, 0.3) is 0 Å². The number of furan rings is 1. The minimum Gasteiger partial charge on any atom is -0.459 e. The quantitative estimate of drug-likeness (QED) is 0.865. The van der Waals surface area contributed by atoms with Crippen molar-refractivity contribution < 1.29 is 4.42 Å². The van der Waals surface area contributed by atoms with Crippen LogP contribution in [0.25, 0.3) is 11.0 Å². The molecular formula is C17H23NO. The SMILES string of the molecule is CC(NC1CCCCC1C)c1cc2ccccc2o1. The van der Waals surface area contributed by atoms with Gasteiger partial charge in [0.15, 0.2) is 0 Å². The summed E-state index contributed by atoms with van der Waals surface area (Å²) in [6.45, 7) is 4.57. The van der Waals surface area contributed by atoms with Crippen LogP contribution in [0.5, 0.6) is 0 Å². The molecule has 1 aliphatic rings. The fraction of sp³-hybridized carbons (Fsp3) is 0.529. The van der Waals surface area contributed by atoms with E-state index in [0.717, 1.165) is 17.3 Å². The van der Waals surface area contributed by atoms with Crippen molar-refractivity contribution in [2.75, 3.05) is 0 Å². The molecule has 1 aromatic carbocycles. The van der Waals surface area contributed by atoms with Crippen molar-refractivity contribution in [1.29, 1.82) is 0 Å². The summed E-state index contributed by atoms with van der Waals surface area (Å²) in [6, 6.07) is 11.3. The normalized spacial score (nSPS) is 25.6. The van der Waals surface area contributed by atoms with Crippen LogP contribution in [0.1, 0.15) is 51.3 Å². The number of fused-ring (bicyclic) bond motifs is 1. The monoisotopic (exact) mass is 257 g/mol. The Balaban J connectivity index is 1.74. The van der Waals surface area contributed by atoms with Crippen molar-refractivity contribution in [1.82, 2.24) is 5.32 Å². The Morgan fingerprint density at radius 3 is 2.79 bits per heavy atom. The molecule has 2 aromatic rings. The van der Waals surface area contributed by atoms with Crippen LogP contribution >= 0.6 is 0 Å². The lowest BCUT2D eigenvalue weighted by Gasteiger charge is -2.31. The van der Waals surface area contributed by atoms with Crippen LogP contribution in [-0.4, -0.2) is 6.04 Å². The first kappa shape index (κ1) is 12.7. The fourth-order valence-corrected chi connectivity index (χ4v) is 3.18. The summed E-state index contributed by atoms with van der Waals surface area (Å²) in [4.78, 5) is 0. The molecule has 2 heteroatoms. The van der Waals surface area contributed by atoms with Crippen molar-refractivity contribution in [2.45, 2.75) is 51.6 Å². The lowest BCUT2D eigenvalue weighted by Crippen LogP contribution is -2.38. The first-order chi connectivity index (χ1) is 9.24. The standard InChI is InChI=1S/C17H23NO/c1-12-7-3-5-9-15(12)18-13(2)17-11-14-8-4-6-10-16(14)19-17/h4,6,8,10-13,15,18H,3,5,7,9H2,1-2H3. The smallest absolute Gasteiger partial charge is 0.134 e. The number of para-hydroxylation sites is 1. The highest BCUT2D eigenvalue weighted by atomic mass is 16.3. The molecule has 0 radical (unpaired) electrons. The summed E-state index contributed by atoms with van der Waals surface area (Å²) in [5.74, 6) is 1.83. The van der Waals surface area contributed by atoms with E-state index in [1.807, 2.05) is 12.1 Å². The molecule has 3 rings (SSSR count). The van der Waals surface area contributed by atoms with Gasteiger partial charge in [0.2, 0.25) is 0 Å². The average Bonchev–Trinajstić information content (AvgIpc) is 2.85. The van der Waals surface area contributed by atoms with E-state index in [-0.39, 0.29) is 6.04 Å². The van der Waals surface area contributed by atoms with Gasteiger partial charge in [0, 0.05) is 11.4 Å². The number of hydrogen-bond acceptors (Lipinski definition) is 2. The molecular weight excluding hydrogens is 234 g/mol. The first-order valence-corrected chi connectivity index (χ1v) is 7.48. The summed E-state index contributed by atoms with van der Waals surface area (Å²) in [7, 11) is 0. The van der Waals surface area contributed by atoms with Gasteiger partial charge in [-0.05, 0) is 37.8 Å². The topological polar surface area (TPSA) is 25.2 Å². The molecule has 1 N–H and O–H groups in total. The van der Waals surface area contributed by atoms with Gasteiger partial charge in [-0.2, -0.15) is 0 Å². The zero-order valence-electron chi connectivity index (χ0n) is 11.9. The summed E-state index contributed by atoms with van der Waals surface area (Å²) in [5.41, 5.74) is 0.989. The third-order valence-corrected chi connectivity index (χ3v) is 4.45. The molecule has 0 saturated heterocycles. The molecule has 1 fully saturated rings. The van der Waals surface area contributed by atoms with Crippen molar-refractivity contribution in [3.05, 3.63) is 36.1 Å². The predicted molar refractivity (Wildman–Crippen MR) is 79.2 cm³/mol. The Hall–Kier alpha value is -1.28. The minimum absolute atomic E-state index is 0.290. The number of hydrogen-bond donors (Lipinski definition) is 1. The molecule has 0 bridgehead atoms. The van der Waals surface area contributed by atoms with Crippen molar-refractivity contribution in [3.8, 4) is 0 Å². The van der Waals surface area contributed by atoms with E-state index in [1.165, 1.54) is 31.1 Å². The largest absolute Gasteiger partial charge is 0.459 e. The van der Waals surface area contributed by atoms with Crippen LogP contribution in [0.3, 0.4) is 0 Å². The van der Waals surface area contributed by atoms with E-state index in [4.69, 9.17) is 4.42 Å². The Morgan fingerprint density at radius 2 is 2.00 bits per heavy atom. The Bertz CT molecular complexity index is 512. The van der Waals surface area contributed by atoms with Crippen molar-refractivity contribution in [2.24, 2.45) is 5.92 Å². The van der Waals surface area contributed by atoms with E-state index in [9.17, 15) is 0 Å². The van der Waals surface area contributed by atoms with E-state index < -0.39 is 0 Å². The molecule has 1 aliphatic carbocycles. The number of benzene rings is 1. The van der Waals surface area contributed by atoms with Crippen LogP contribution in [0.15, 0.2) is 34.7 Å². The average molecular weight is 257 g/mol. The maximum absolute atomic E-state index is 5.94. The Labute approximate surface area is 115 Å². The molecule has 19 heavy (non-hydrogen) atoms. The van der Waals surface area contributed by atoms with Gasteiger partial charge in [-0.25, -0.2) is 0 Å². The molecule has 0 amide bonds. The Kier molecular flexibility index (Phi) is 3.61. The lowest BCUT2D eigenvalue weighted by molar-refractivity contribution is 0.254. The summed E-state index contributed by atoms with van der Waals surface area (Å²) >= 11 is 0. The zero-order chi connectivity index (χ0) is 13.2. The van der Waals surface area contributed by atoms with E-state index in [0.29, 0.717) is 6.04 Å². The fourth-order valence-electron chi connectivity index (χ4n) is 3.18. The van der Waals surface area contributed by atoms with Gasteiger partial charge >= 0.3 is 0 Å². The third kappa shape index (κ3) is 2.69. The molecule has 1 aromatic heterocycles. The third-order valence-electron chi connectivity index (χ3n) is 4.45. The van der Waals surface area contributed by atoms with E-state index in [2.05, 4.69) is 37.4 Å². The van der Waals surface area contributed by atoms with Gasteiger partial charge < -0.3 is 9.73 Å². The number of rotatable bonds is 3. The highest BCUT2D eigenvalue weighted by molar-refractivity contribution is 5.77. The maximum atomic E-state index is 5.94. The summed E-state index contributed by atoms with van der Waals surface area (Å²) in [6.07, 6.45) is 5.39. The zero-order valence-corrected chi connectivity index (χ0v) is 11.9. The predicted octanol–water partition coefficient (Wildman–Crippen LogP) is 4.66. The van der Waals surface area contributed by atoms with Gasteiger partial charge in [0.1, 0.15) is 11.3 Å². The van der Waals surface area contributed by atoms with Gasteiger partial charge in [-0.3, -0.25) is 0 Å². The van der Waals surface area contributed by atoms with Gasteiger partial charge in [-0.1, -0.05) is 38.0 Å². The molecule has 2 nitrogen and oxygen atoms in total. The van der Waals surface area contributed by atoms with E-state index >= 15 is 0 Å². The Morgan fingerprint density at radius 1 is 1.21 bits per heavy atom. The first-order valence-electron chi connectivity index (χ1n) is 7.48. The van der Waals surface area contributed by atoms with Crippen LogP contribution in [-0.2, 0) is 0 Å². The van der Waals surface area contributed by atoms with Crippen LogP contribution in [0, 0.1) is 5.92 Å². The molecule has 102 valence electrons. The second-order valence-electron chi connectivity index (χ2n) is 5.94. The summed E-state index contributed by atoms with van der Waals surface area (Å²) in [5, 5.41) is 4.95. The molecule has 0 aliphatic heterocycles. The molecule has 0 spiro atoms. The molecule has 1 heterocycles. The molecule has 1 saturated carbocycles. The van der Waals surface area contributed by atoms with E-state index in [1.54, 1.807) is 0 Å². The number of nitrogens with one attached hydrogen (secondary N) is 1. The summed E-state index contributed by atoms with van der Waals surface area (Å²) < 4.78 is 5.94. The van der Waals surface area contributed by atoms with Crippen molar-refractivity contribution >= 4 is 11.0 Å². The lowest BCUT2D eigenvalue weighted by atomic mass is 9.85. The van der Waals surface area contributed by atoms with Gasteiger partial charge in [0.05, 0.1) is 6.04 Å². The van der Waals surface area contributed by atoms with Crippen LogP contribution in [0.2, 0.25) is 0 Å². The van der Waals surface area contributed by atoms with Crippen molar-refractivity contribution in [3.63, 3.8) is 0 Å². The molecule has 3 atom stereocenters. The van der Waals surface area contributed by atoms with Gasteiger partial charge in [-0.15, -0.1) is 0 Å². The highest BCUT2D eigenvalue weighted by Crippen LogP contribution is 2.28. The molecule has 3 unspecified atom stereocenters. The maximum Gasteiger partial charge on any atom is 0.134 e.